The number of hydrogen-bond donors (Lipinski definition) is 1. The van der Waals surface area contributed by atoms with E-state index in [1.165, 1.54) is 0 Å². The summed E-state index contributed by atoms with van der Waals surface area (Å²) in [5.74, 6) is 0.840. The fraction of sp³-hybridized carbons (Fsp3) is 0.357. The quantitative estimate of drug-likeness (QED) is 0.839. The summed E-state index contributed by atoms with van der Waals surface area (Å²) in [4.78, 5) is 12.0. The molecule has 2 aromatic rings. The summed E-state index contributed by atoms with van der Waals surface area (Å²) in [6.07, 6.45) is 0. The van der Waals surface area contributed by atoms with Crippen molar-refractivity contribution in [3.63, 3.8) is 0 Å². The largest absolute Gasteiger partial charge is 0.497 e. The van der Waals surface area contributed by atoms with E-state index in [0.717, 1.165) is 16.7 Å². The number of methoxy groups -OCH3 is 2. The minimum atomic E-state index is -0.232. The van der Waals surface area contributed by atoms with Gasteiger partial charge in [0.1, 0.15) is 11.3 Å². The van der Waals surface area contributed by atoms with Crippen LogP contribution in [-0.2, 0) is 4.74 Å². The Morgan fingerprint density at radius 2 is 2.16 bits per heavy atom. The maximum Gasteiger partial charge on any atom is 0.287 e. The molecule has 0 bridgehead atoms. The minimum absolute atomic E-state index is 0.232. The molecule has 0 spiro atoms. The Morgan fingerprint density at radius 3 is 2.84 bits per heavy atom. The molecule has 0 fully saturated rings. The maximum atomic E-state index is 12.0. The average molecular weight is 263 g/mol. The van der Waals surface area contributed by atoms with Crippen LogP contribution in [0.1, 0.15) is 16.1 Å². The topological polar surface area (TPSA) is 60.7 Å². The van der Waals surface area contributed by atoms with E-state index in [0.29, 0.717) is 24.5 Å². The van der Waals surface area contributed by atoms with E-state index >= 15 is 0 Å². The third-order valence-corrected chi connectivity index (χ3v) is 2.94. The van der Waals surface area contributed by atoms with Crippen molar-refractivity contribution in [3.05, 3.63) is 29.5 Å². The van der Waals surface area contributed by atoms with Gasteiger partial charge in [0.05, 0.1) is 13.7 Å². The maximum absolute atomic E-state index is 12.0. The molecule has 5 heteroatoms. The fourth-order valence-corrected chi connectivity index (χ4v) is 1.89. The SMILES string of the molecule is COCCNC(=O)c1oc2ccc(OC)cc2c1C. The molecule has 102 valence electrons. The molecule has 0 saturated heterocycles. The molecule has 0 aliphatic heterocycles. The summed E-state index contributed by atoms with van der Waals surface area (Å²) in [6.45, 7) is 2.78. The number of ether oxygens (including phenoxy) is 2. The van der Waals surface area contributed by atoms with Gasteiger partial charge in [-0.2, -0.15) is 0 Å². The molecule has 19 heavy (non-hydrogen) atoms. The van der Waals surface area contributed by atoms with Crippen LogP contribution in [0, 0.1) is 6.92 Å². The summed E-state index contributed by atoms with van der Waals surface area (Å²) >= 11 is 0. The van der Waals surface area contributed by atoms with Crippen molar-refractivity contribution in [2.24, 2.45) is 0 Å². The van der Waals surface area contributed by atoms with Crippen LogP contribution in [0.15, 0.2) is 22.6 Å². The van der Waals surface area contributed by atoms with E-state index in [2.05, 4.69) is 5.32 Å². The Morgan fingerprint density at radius 1 is 1.37 bits per heavy atom. The highest BCUT2D eigenvalue weighted by Crippen LogP contribution is 2.28. The van der Waals surface area contributed by atoms with Crippen LogP contribution in [0.3, 0.4) is 0 Å². The van der Waals surface area contributed by atoms with Gasteiger partial charge < -0.3 is 19.2 Å². The molecular weight excluding hydrogens is 246 g/mol. The van der Waals surface area contributed by atoms with Gasteiger partial charge in [-0.1, -0.05) is 0 Å². The Balaban J connectivity index is 2.29. The average Bonchev–Trinajstić information content (AvgIpc) is 2.76. The highest BCUT2D eigenvalue weighted by Gasteiger charge is 2.17. The number of carbonyl (C=O) groups excluding carboxylic acids is 1. The molecule has 1 heterocycles. The van der Waals surface area contributed by atoms with Gasteiger partial charge >= 0.3 is 0 Å². The van der Waals surface area contributed by atoms with Crippen molar-refractivity contribution < 1.29 is 18.7 Å². The zero-order valence-corrected chi connectivity index (χ0v) is 11.3. The first-order chi connectivity index (χ1) is 9.17. The van der Waals surface area contributed by atoms with Crippen LogP contribution in [0.4, 0.5) is 0 Å². The number of fused-ring (bicyclic) bond motifs is 1. The second kappa shape index (κ2) is 5.75. The Kier molecular flexibility index (Phi) is 4.06. The predicted octanol–water partition coefficient (Wildman–Crippen LogP) is 2.13. The van der Waals surface area contributed by atoms with Gasteiger partial charge in [-0.25, -0.2) is 0 Å². The van der Waals surface area contributed by atoms with Crippen molar-refractivity contribution in [2.45, 2.75) is 6.92 Å². The summed E-state index contributed by atoms with van der Waals surface area (Å²) in [5.41, 5.74) is 1.49. The smallest absolute Gasteiger partial charge is 0.287 e. The molecule has 1 N–H and O–H groups in total. The molecular formula is C14H17NO4. The van der Waals surface area contributed by atoms with Crippen LogP contribution < -0.4 is 10.1 Å². The van der Waals surface area contributed by atoms with Crippen LogP contribution >= 0.6 is 0 Å². The van der Waals surface area contributed by atoms with Crippen molar-refractivity contribution in [1.29, 1.82) is 0 Å². The first-order valence-corrected chi connectivity index (χ1v) is 6.01. The van der Waals surface area contributed by atoms with Gasteiger partial charge in [-0.15, -0.1) is 0 Å². The van der Waals surface area contributed by atoms with Crippen molar-refractivity contribution in [2.75, 3.05) is 27.4 Å². The molecule has 1 aromatic carbocycles. The van der Waals surface area contributed by atoms with Crippen molar-refractivity contribution in [1.82, 2.24) is 5.32 Å². The van der Waals surface area contributed by atoms with Crippen LogP contribution in [0.5, 0.6) is 5.75 Å². The Bertz CT molecular complexity index is 588. The zero-order valence-electron chi connectivity index (χ0n) is 11.3. The van der Waals surface area contributed by atoms with E-state index in [-0.39, 0.29) is 5.91 Å². The molecule has 1 aromatic heterocycles. The lowest BCUT2D eigenvalue weighted by Gasteiger charge is -2.02. The highest BCUT2D eigenvalue weighted by atomic mass is 16.5. The monoisotopic (exact) mass is 263 g/mol. The number of benzene rings is 1. The number of hydrogen-bond acceptors (Lipinski definition) is 4. The summed E-state index contributed by atoms with van der Waals surface area (Å²) < 4.78 is 15.6. The summed E-state index contributed by atoms with van der Waals surface area (Å²) in [5, 5.41) is 3.63. The standard InChI is InChI=1S/C14H17NO4/c1-9-11-8-10(18-3)4-5-12(11)19-13(9)14(16)15-6-7-17-2/h4-5,8H,6-7H2,1-3H3,(H,15,16). The summed E-state index contributed by atoms with van der Waals surface area (Å²) in [6, 6.07) is 5.46. The first-order valence-electron chi connectivity index (χ1n) is 6.01. The molecule has 0 radical (unpaired) electrons. The zero-order chi connectivity index (χ0) is 13.8. The fourth-order valence-electron chi connectivity index (χ4n) is 1.89. The number of amides is 1. The Labute approximate surface area is 111 Å². The van der Waals surface area contributed by atoms with Gasteiger partial charge in [-0.3, -0.25) is 4.79 Å². The van der Waals surface area contributed by atoms with Gasteiger partial charge in [-0.05, 0) is 25.1 Å². The van der Waals surface area contributed by atoms with E-state index < -0.39 is 0 Å². The van der Waals surface area contributed by atoms with E-state index in [4.69, 9.17) is 13.9 Å². The van der Waals surface area contributed by atoms with Crippen molar-refractivity contribution in [3.8, 4) is 5.75 Å². The lowest BCUT2D eigenvalue weighted by atomic mass is 10.1. The predicted molar refractivity (Wildman–Crippen MR) is 71.7 cm³/mol. The van der Waals surface area contributed by atoms with Crippen LogP contribution in [-0.4, -0.2) is 33.3 Å². The highest BCUT2D eigenvalue weighted by molar-refractivity contribution is 5.99. The first kappa shape index (κ1) is 13.4. The Hall–Kier alpha value is -2.01. The lowest BCUT2D eigenvalue weighted by molar-refractivity contribution is 0.0911. The van der Waals surface area contributed by atoms with Gasteiger partial charge in [0, 0.05) is 24.6 Å². The molecule has 0 aliphatic carbocycles. The summed E-state index contributed by atoms with van der Waals surface area (Å²) in [7, 11) is 3.19. The minimum Gasteiger partial charge on any atom is -0.497 e. The van der Waals surface area contributed by atoms with Crippen LogP contribution in [0.2, 0.25) is 0 Å². The molecule has 0 atom stereocenters. The molecule has 0 aliphatic rings. The lowest BCUT2D eigenvalue weighted by Crippen LogP contribution is -2.27. The van der Waals surface area contributed by atoms with E-state index in [9.17, 15) is 4.79 Å². The van der Waals surface area contributed by atoms with Gasteiger partial charge in [0.15, 0.2) is 5.76 Å². The molecule has 0 saturated carbocycles. The van der Waals surface area contributed by atoms with E-state index in [1.807, 2.05) is 13.0 Å². The third-order valence-electron chi connectivity index (χ3n) is 2.94. The third kappa shape index (κ3) is 2.71. The number of furan rings is 1. The number of rotatable bonds is 5. The van der Waals surface area contributed by atoms with Gasteiger partial charge in [0.2, 0.25) is 0 Å². The van der Waals surface area contributed by atoms with Gasteiger partial charge in [0.25, 0.3) is 5.91 Å². The normalized spacial score (nSPS) is 10.7. The molecule has 1 amide bonds. The second-order valence-electron chi connectivity index (χ2n) is 4.17. The number of nitrogens with one attached hydrogen (secondary N) is 1. The second-order valence-corrected chi connectivity index (χ2v) is 4.17. The molecule has 2 rings (SSSR count). The van der Waals surface area contributed by atoms with Crippen molar-refractivity contribution >= 4 is 16.9 Å². The number of aryl methyl sites for hydroxylation is 1. The van der Waals surface area contributed by atoms with E-state index in [1.54, 1.807) is 26.4 Å². The number of carbonyl (C=O) groups is 1. The molecule has 0 unspecified atom stereocenters. The molecule has 5 nitrogen and oxygen atoms in total. The van der Waals surface area contributed by atoms with Crippen LogP contribution in [0.25, 0.3) is 11.0 Å².